The molecule has 3 N–H and O–H groups in total. The number of carbonyl (C=O) groups excluding carboxylic acids is 5. The van der Waals surface area contributed by atoms with Crippen molar-refractivity contribution in [3.63, 3.8) is 0 Å². The van der Waals surface area contributed by atoms with Gasteiger partial charge in [0.2, 0.25) is 23.6 Å². The number of benzene rings is 1. The van der Waals surface area contributed by atoms with Crippen LogP contribution >= 0.6 is 0 Å². The minimum atomic E-state index is -0.888. The third-order valence-corrected chi connectivity index (χ3v) is 11.7. The SMILES string of the molecule is CCC(C)C(C(CC(=O)N1CCCC1C(OC)C(C)C(=O)NC(Cc1ccccc1)C(=O)OC)OC)N(C)C(=O)C(NC(=O)C1(C)CCCCN1)C(C)C. The van der Waals surface area contributed by atoms with Gasteiger partial charge in [0, 0.05) is 34.2 Å². The van der Waals surface area contributed by atoms with Gasteiger partial charge in [-0.3, -0.25) is 19.2 Å². The fraction of sp³-hybridized carbons (Fsp3) is 0.732. The number of methoxy groups -OCH3 is 3. The van der Waals surface area contributed by atoms with Crippen molar-refractivity contribution in [2.45, 2.75) is 135 Å². The molecule has 13 nitrogen and oxygen atoms in total. The summed E-state index contributed by atoms with van der Waals surface area (Å²) >= 11 is 0. The van der Waals surface area contributed by atoms with Gasteiger partial charge in [-0.2, -0.15) is 0 Å². The molecule has 0 bridgehead atoms. The van der Waals surface area contributed by atoms with Crippen molar-refractivity contribution in [3.05, 3.63) is 35.9 Å². The van der Waals surface area contributed by atoms with Crippen LogP contribution in [0.4, 0.5) is 0 Å². The number of hydrogen-bond acceptors (Lipinski definition) is 9. The first-order valence-electron chi connectivity index (χ1n) is 19.7. The summed E-state index contributed by atoms with van der Waals surface area (Å²) in [4.78, 5) is 71.7. The number of rotatable bonds is 19. The highest BCUT2D eigenvalue weighted by atomic mass is 16.5. The number of ether oxygens (including phenoxy) is 3. The summed E-state index contributed by atoms with van der Waals surface area (Å²) in [6, 6.07) is 6.90. The third-order valence-electron chi connectivity index (χ3n) is 11.7. The van der Waals surface area contributed by atoms with Gasteiger partial charge in [-0.1, -0.05) is 71.4 Å². The van der Waals surface area contributed by atoms with Crippen LogP contribution in [-0.2, 0) is 44.6 Å². The highest BCUT2D eigenvalue weighted by Gasteiger charge is 2.44. The molecule has 0 aromatic heterocycles. The summed E-state index contributed by atoms with van der Waals surface area (Å²) in [5, 5.41) is 9.26. The van der Waals surface area contributed by atoms with Crippen LogP contribution in [-0.4, -0.2) is 123 Å². The van der Waals surface area contributed by atoms with Crippen molar-refractivity contribution in [1.82, 2.24) is 25.8 Å². The van der Waals surface area contributed by atoms with Crippen LogP contribution in [0.3, 0.4) is 0 Å². The Bertz CT molecular complexity index is 1390. The first-order chi connectivity index (χ1) is 25.6. The number of likely N-dealkylation sites (tertiary alicyclic amines) is 1. The molecule has 3 rings (SSSR count). The molecule has 9 atom stereocenters. The Balaban J connectivity index is 1.77. The first kappa shape index (κ1) is 44.8. The van der Waals surface area contributed by atoms with Gasteiger partial charge in [0.15, 0.2) is 0 Å². The monoisotopic (exact) mass is 757 g/mol. The van der Waals surface area contributed by atoms with E-state index in [0.29, 0.717) is 19.4 Å². The molecule has 0 saturated carbocycles. The smallest absolute Gasteiger partial charge is 0.328 e. The minimum Gasteiger partial charge on any atom is -0.467 e. The highest BCUT2D eigenvalue weighted by Crippen LogP contribution is 2.30. The maximum absolute atomic E-state index is 14.2. The minimum absolute atomic E-state index is 0.0127. The molecule has 1 aromatic carbocycles. The molecule has 2 heterocycles. The summed E-state index contributed by atoms with van der Waals surface area (Å²) in [5.74, 6) is -2.39. The van der Waals surface area contributed by atoms with E-state index in [1.165, 1.54) is 14.2 Å². The molecule has 2 aliphatic rings. The van der Waals surface area contributed by atoms with E-state index in [-0.39, 0.29) is 54.3 Å². The van der Waals surface area contributed by atoms with Gasteiger partial charge in [-0.05, 0) is 63.0 Å². The standard InChI is InChI=1S/C41H67N5O8/c1-11-27(4)35(45(7)38(49)34(26(2)3)44-40(51)41(6)21-15-16-22-42-41)32(52-8)25-33(47)46-23-17-20-31(46)36(53-9)28(5)37(48)43-30(39(50)54-10)24-29-18-13-12-14-19-29/h12-14,18-19,26-28,30-32,34-36,42H,11,15-17,20-25H2,1-10H3,(H,43,48)(H,44,51). The molecule has 54 heavy (non-hydrogen) atoms. The second-order valence-corrected chi connectivity index (χ2v) is 15.8. The average molecular weight is 758 g/mol. The summed E-state index contributed by atoms with van der Waals surface area (Å²) in [5.41, 5.74) is 0.139. The lowest BCUT2D eigenvalue weighted by Gasteiger charge is -2.41. The molecular weight excluding hydrogens is 690 g/mol. The lowest BCUT2D eigenvalue weighted by Crippen LogP contribution is -2.63. The lowest BCUT2D eigenvalue weighted by atomic mass is 9.88. The van der Waals surface area contributed by atoms with Gasteiger partial charge >= 0.3 is 5.97 Å². The number of piperidine rings is 1. The van der Waals surface area contributed by atoms with Gasteiger partial charge in [0.05, 0.1) is 49.3 Å². The summed E-state index contributed by atoms with van der Waals surface area (Å²) in [6.45, 7) is 12.8. The van der Waals surface area contributed by atoms with Crippen molar-refractivity contribution in [2.75, 3.05) is 41.5 Å². The molecule has 1 aromatic rings. The number of hydrogen-bond donors (Lipinski definition) is 3. The van der Waals surface area contributed by atoms with Crippen molar-refractivity contribution in [2.24, 2.45) is 17.8 Å². The van der Waals surface area contributed by atoms with Gasteiger partial charge in [-0.25, -0.2) is 4.79 Å². The van der Waals surface area contributed by atoms with Crippen molar-refractivity contribution >= 4 is 29.6 Å². The topological polar surface area (TPSA) is 156 Å². The molecule has 2 saturated heterocycles. The van der Waals surface area contributed by atoms with Crippen molar-refractivity contribution < 1.29 is 38.2 Å². The van der Waals surface area contributed by atoms with E-state index in [4.69, 9.17) is 14.2 Å². The van der Waals surface area contributed by atoms with Crippen LogP contribution in [0.15, 0.2) is 30.3 Å². The Hall–Kier alpha value is -3.55. The highest BCUT2D eigenvalue weighted by molar-refractivity contribution is 5.92. The zero-order valence-corrected chi connectivity index (χ0v) is 34.3. The predicted molar refractivity (Wildman–Crippen MR) is 207 cm³/mol. The second-order valence-electron chi connectivity index (χ2n) is 15.8. The van der Waals surface area contributed by atoms with Crippen LogP contribution < -0.4 is 16.0 Å². The fourth-order valence-electron chi connectivity index (χ4n) is 8.08. The molecule has 0 radical (unpaired) electrons. The molecular formula is C41H67N5O8. The Morgan fingerprint density at radius 2 is 1.67 bits per heavy atom. The lowest BCUT2D eigenvalue weighted by molar-refractivity contribution is -0.149. The molecule has 2 fully saturated rings. The number of nitrogens with zero attached hydrogens (tertiary/aromatic N) is 2. The third kappa shape index (κ3) is 11.3. The maximum Gasteiger partial charge on any atom is 0.328 e. The zero-order chi connectivity index (χ0) is 40.2. The number of carbonyl (C=O) groups is 5. The normalized spacial score (nSPS) is 22.6. The zero-order valence-electron chi connectivity index (χ0n) is 34.3. The molecule has 0 aliphatic carbocycles. The number of likely N-dealkylation sites (N-methyl/N-ethyl adjacent to an activating group) is 1. The average Bonchev–Trinajstić information content (AvgIpc) is 3.65. The molecule has 304 valence electrons. The van der Waals surface area contributed by atoms with Crippen LogP contribution in [0.5, 0.6) is 0 Å². The number of amides is 4. The van der Waals surface area contributed by atoms with Crippen molar-refractivity contribution in [1.29, 1.82) is 0 Å². The summed E-state index contributed by atoms with van der Waals surface area (Å²) in [6.07, 6.45) is 3.76. The quantitative estimate of drug-likeness (QED) is 0.180. The molecule has 9 unspecified atom stereocenters. The Kier molecular flexibility index (Phi) is 17.4. The van der Waals surface area contributed by atoms with E-state index < -0.39 is 47.8 Å². The van der Waals surface area contributed by atoms with Crippen LogP contribution in [0.25, 0.3) is 0 Å². The van der Waals surface area contributed by atoms with E-state index >= 15 is 0 Å². The van der Waals surface area contributed by atoms with E-state index in [2.05, 4.69) is 16.0 Å². The number of nitrogens with one attached hydrogen (secondary N) is 3. The maximum atomic E-state index is 14.2. The molecule has 2 aliphatic heterocycles. The largest absolute Gasteiger partial charge is 0.467 e. The van der Waals surface area contributed by atoms with E-state index in [1.54, 1.807) is 30.9 Å². The van der Waals surface area contributed by atoms with E-state index in [1.807, 2.05) is 65.0 Å². The summed E-state index contributed by atoms with van der Waals surface area (Å²) in [7, 11) is 6.11. The fourth-order valence-corrected chi connectivity index (χ4v) is 8.08. The summed E-state index contributed by atoms with van der Waals surface area (Å²) < 4.78 is 16.9. The van der Waals surface area contributed by atoms with E-state index in [9.17, 15) is 24.0 Å². The van der Waals surface area contributed by atoms with Crippen LogP contribution in [0.1, 0.15) is 92.1 Å². The first-order valence-corrected chi connectivity index (χ1v) is 19.7. The predicted octanol–water partition coefficient (Wildman–Crippen LogP) is 3.48. The van der Waals surface area contributed by atoms with Crippen molar-refractivity contribution in [3.8, 4) is 0 Å². The van der Waals surface area contributed by atoms with E-state index in [0.717, 1.165) is 37.8 Å². The van der Waals surface area contributed by atoms with Crippen LogP contribution in [0, 0.1) is 17.8 Å². The van der Waals surface area contributed by atoms with Gasteiger partial charge in [0.1, 0.15) is 12.1 Å². The van der Waals surface area contributed by atoms with Gasteiger partial charge in [-0.15, -0.1) is 0 Å². The molecule has 0 spiro atoms. The molecule has 4 amide bonds. The Morgan fingerprint density at radius 1 is 0.981 bits per heavy atom. The number of esters is 1. The Morgan fingerprint density at radius 3 is 2.22 bits per heavy atom. The van der Waals surface area contributed by atoms with Crippen LogP contribution in [0.2, 0.25) is 0 Å². The molecule has 13 heteroatoms. The van der Waals surface area contributed by atoms with Gasteiger partial charge in [0.25, 0.3) is 0 Å². The Labute approximate surface area is 323 Å². The van der Waals surface area contributed by atoms with Gasteiger partial charge < -0.3 is 40.0 Å². The second kappa shape index (κ2) is 20.9.